The van der Waals surface area contributed by atoms with Crippen molar-refractivity contribution in [3.05, 3.63) is 200 Å². The van der Waals surface area contributed by atoms with E-state index in [1.165, 1.54) is 36.9 Å². The van der Waals surface area contributed by atoms with Crippen LogP contribution < -0.4 is 4.90 Å². The quantitative estimate of drug-likeness (QED) is 0.169. The van der Waals surface area contributed by atoms with Gasteiger partial charge in [0.25, 0.3) is 0 Å². The van der Waals surface area contributed by atoms with Gasteiger partial charge in [0.1, 0.15) is 22.3 Å². The second-order valence-electron chi connectivity index (χ2n) is 14.8. The van der Waals surface area contributed by atoms with Gasteiger partial charge < -0.3 is 13.7 Å². The van der Waals surface area contributed by atoms with Crippen LogP contribution in [0.3, 0.4) is 0 Å². The zero-order valence-corrected chi connectivity index (χ0v) is 32.0. The topological polar surface area (TPSA) is 29.5 Å². The molecule has 0 spiro atoms. The number of anilines is 3. The van der Waals surface area contributed by atoms with Gasteiger partial charge in [0.05, 0.1) is 10.4 Å². The van der Waals surface area contributed by atoms with E-state index in [4.69, 9.17) is 8.83 Å². The van der Waals surface area contributed by atoms with Crippen LogP contribution in [-0.4, -0.2) is 0 Å². The lowest BCUT2D eigenvalue weighted by Crippen LogP contribution is -2.10. The smallest absolute Gasteiger partial charge is 0.144 e. The van der Waals surface area contributed by atoms with Crippen LogP contribution in [0.2, 0.25) is 0 Å². The summed E-state index contributed by atoms with van der Waals surface area (Å²) in [7, 11) is 0. The molecule has 0 aliphatic carbocycles. The van der Waals surface area contributed by atoms with Gasteiger partial charge >= 0.3 is 0 Å². The molecule has 0 saturated heterocycles. The first kappa shape index (κ1) is 32.8. The van der Waals surface area contributed by atoms with Gasteiger partial charge in [0.2, 0.25) is 0 Å². The molecule has 12 aromatic rings. The molecule has 58 heavy (non-hydrogen) atoms. The summed E-state index contributed by atoms with van der Waals surface area (Å²) in [6, 6.07) is 71.3. The monoisotopic (exact) mass is 759 g/mol. The van der Waals surface area contributed by atoms with E-state index in [0.29, 0.717) is 0 Å². The third-order valence-corrected chi connectivity index (χ3v) is 12.7. The van der Waals surface area contributed by atoms with E-state index in [2.05, 4.69) is 193 Å². The predicted octanol–water partition coefficient (Wildman–Crippen LogP) is 16.3. The first-order valence-electron chi connectivity index (χ1n) is 19.6. The Hall–Kier alpha value is -7.40. The van der Waals surface area contributed by atoms with Crippen molar-refractivity contribution in [1.29, 1.82) is 0 Å². The second-order valence-corrected chi connectivity index (χ2v) is 15.9. The fourth-order valence-electron chi connectivity index (χ4n) is 8.77. The molecule has 12 rings (SSSR count). The molecular formula is C54H33NO2S. The lowest BCUT2D eigenvalue weighted by Gasteiger charge is -2.26. The summed E-state index contributed by atoms with van der Waals surface area (Å²) in [6.45, 7) is 0. The SMILES string of the molecule is c1ccc(-c2ccc(-c3c4oc5cc(N(c6cccc(-c7ccccc7)c6)c6cccc7c6sc6ccccc67)ccc5c4cc4oc5ccccc5c34)cc2)cc1. The molecule has 3 nitrogen and oxygen atoms in total. The lowest BCUT2D eigenvalue weighted by molar-refractivity contribution is 0.664. The summed E-state index contributed by atoms with van der Waals surface area (Å²) in [4.78, 5) is 2.39. The number of nitrogens with zero attached hydrogens (tertiary/aromatic N) is 1. The van der Waals surface area contributed by atoms with Crippen molar-refractivity contribution in [1.82, 2.24) is 0 Å². The zero-order valence-electron chi connectivity index (χ0n) is 31.2. The van der Waals surface area contributed by atoms with Crippen LogP contribution in [0.1, 0.15) is 0 Å². The minimum atomic E-state index is 0.819. The van der Waals surface area contributed by atoms with E-state index < -0.39 is 0 Å². The Morgan fingerprint density at radius 2 is 1.00 bits per heavy atom. The van der Waals surface area contributed by atoms with Gasteiger partial charge in [-0.15, -0.1) is 11.3 Å². The first-order valence-corrected chi connectivity index (χ1v) is 20.4. The van der Waals surface area contributed by atoms with E-state index in [-0.39, 0.29) is 0 Å². The summed E-state index contributed by atoms with van der Waals surface area (Å²) >= 11 is 1.84. The largest absolute Gasteiger partial charge is 0.456 e. The number of furan rings is 2. The molecule has 0 unspecified atom stereocenters. The average Bonchev–Trinajstić information content (AvgIpc) is 3.98. The van der Waals surface area contributed by atoms with E-state index in [1.54, 1.807) is 0 Å². The van der Waals surface area contributed by atoms with Crippen molar-refractivity contribution in [3.63, 3.8) is 0 Å². The highest BCUT2D eigenvalue weighted by atomic mass is 32.1. The molecule has 9 aromatic carbocycles. The van der Waals surface area contributed by atoms with Gasteiger partial charge in [-0.2, -0.15) is 0 Å². The molecule has 0 atom stereocenters. The fraction of sp³-hybridized carbons (Fsp3) is 0. The van der Waals surface area contributed by atoms with Gasteiger partial charge in [0, 0.05) is 60.0 Å². The minimum absolute atomic E-state index is 0.819. The number of fused-ring (bicyclic) bond motifs is 9. The summed E-state index contributed by atoms with van der Waals surface area (Å²) in [5.41, 5.74) is 13.4. The molecule has 0 N–H and O–H groups in total. The maximum Gasteiger partial charge on any atom is 0.144 e. The molecule has 0 aliphatic rings. The van der Waals surface area contributed by atoms with Gasteiger partial charge in [-0.3, -0.25) is 0 Å². The van der Waals surface area contributed by atoms with Crippen LogP contribution in [0, 0.1) is 0 Å². The van der Waals surface area contributed by atoms with Gasteiger partial charge in [-0.25, -0.2) is 0 Å². The lowest BCUT2D eigenvalue weighted by atomic mass is 9.95. The zero-order chi connectivity index (χ0) is 38.2. The summed E-state index contributed by atoms with van der Waals surface area (Å²) < 4.78 is 16.2. The Kier molecular flexibility index (Phi) is 7.40. The van der Waals surface area contributed by atoms with Crippen LogP contribution >= 0.6 is 11.3 Å². The van der Waals surface area contributed by atoms with Crippen molar-refractivity contribution in [2.75, 3.05) is 4.90 Å². The predicted molar refractivity (Wildman–Crippen MR) is 245 cm³/mol. The number of rotatable bonds is 6. The summed E-state index contributed by atoms with van der Waals surface area (Å²) in [5, 5.41) is 6.73. The highest BCUT2D eigenvalue weighted by molar-refractivity contribution is 7.26. The van der Waals surface area contributed by atoms with Crippen molar-refractivity contribution in [2.45, 2.75) is 0 Å². The molecule has 3 heterocycles. The molecular weight excluding hydrogens is 727 g/mol. The Labute approximate surface area is 338 Å². The molecule has 0 fully saturated rings. The molecule has 3 aromatic heterocycles. The number of benzene rings is 9. The highest BCUT2D eigenvalue weighted by Gasteiger charge is 2.24. The van der Waals surface area contributed by atoms with E-state index in [1.807, 2.05) is 23.5 Å². The fourth-order valence-corrected chi connectivity index (χ4v) is 9.97. The van der Waals surface area contributed by atoms with Gasteiger partial charge in [-0.1, -0.05) is 146 Å². The maximum atomic E-state index is 7.10. The van der Waals surface area contributed by atoms with Crippen LogP contribution in [0.25, 0.3) is 97.4 Å². The molecule has 4 heteroatoms. The van der Waals surface area contributed by atoms with Crippen LogP contribution in [0.4, 0.5) is 17.1 Å². The molecule has 0 amide bonds. The molecule has 0 saturated carbocycles. The Morgan fingerprint density at radius 3 is 1.83 bits per heavy atom. The number of para-hydroxylation sites is 1. The Balaban J connectivity index is 1.09. The van der Waals surface area contributed by atoms with Crippen molar-refractivity contribution < 1.29 is 8.83 Å². The van der Waals surface area contributed by atoms with Crippen molar-refractivity contribution in [3.8, 4) is 33.4 Å². The van der Waals surface area contributed by atoms with Crippen LogP contribution in [0.5, 0.6) is 0 Å². The first-order chi connectivity index (χ1) is 28.7. The van der Waals surface area contributed by atoms with E-state index in [0.717, 1.165) is 77.6 Å². The summed E-state index contributed by atoms with van der Waals surface area (Å²) in [6.07, 6.45) is 0. The maximum absolute atomic E-state index is 7.10. The van der Waals surface area contributed by atoms with E-state index >= 15 is 0 Å². The minimum Gasteiger partial charge on any atom is -0.456 e. The number of hydrogen-bond donors (Lipinski definition) is 0. The van der Waals surface area contributed by atoms with Gasteiger partial charge in [-0.05, 0) is 76.3 Å². The molecule has 0 aliphatic heterocycles. The number of thiophene rings is 1. The van der Waals surface area contributed by atoms with Crippen molar-refractivity contribution >= 4 is 92.4 Å². The number of hydrogen-bond acceptors (Lipinski definition) is 4. The highest BCUT2D eigenvalue weighted by Crippen LogP contribution is 2.48. The Bertz CT molecular complexity index is 3500. The van der Waals surface area contributed by atoms with Gasteiger partial charge in [0.15, 0.2) is 0 Å². The molecule has 0 bridgehead atoms. The Morgan fingerprint density at radius 1 is 0.362 bits per heavy atom. The molecule has 0 radical (unpaired) electrons. The third kappa shape index (κ3) is 5.19. The standard InChI is InChI=1S/C54H33NO2S/c1-3-13-34(14-4-1)36-25-27-37(28-26-36)51-52-44-20-7-9-23-47(44)56-49(52)33-45-41-30-29-40(32-48(41)57-53(45)51)55(39-18-11-17-38(31-39)35-15-5-2-6-16-35)46-22-12-21-43-42-19-8-10-24-50(42)58-54(43)46/h1-33H. The normalized spacial score (nSPS) is 11.8. The molecule has 272 valence electrons. The second kappa shape index (κ2) is 13.1. The van der Waals surface area contributed by atoms with Crippen molar-refractivity contribution in [2.24, 2.45) is 0 Å². The van der Waals surface area contributed by atoms with E-state index in [9.17, 15) is 0 Å². The average molecular weight is 760 g/mol. The third-order valence-electron chi connectivity index (χ3n) is 11.5. The van der Waals surface area contributed by atoms with Crippen LogP contribution in [-0.2, 0) is 0 Å². The summed E-state index contributed by atoms with van der Waals surface area (Å²) in [5.74, 6) is 0. The van der Waals surface area contributed by atoms with Crippen LogP contribution in [0.15, 0.2) is 209 Å².